The first-order chi connectivity index (χ1) is 11.8. The third-order valence-electron chi connectivity index (χ3n) is 3.68. The number of pyridine rings is 1. The summed E-state index contributed by atoms with van der Waals surface area (Å²) >= 11 is 1.54. The molecular weight excluding hydrogens is 320 g/mol. The Hall–Kier alpha value is -3.30. The highest BCUT2D eigenvalue weighted by Gasteiger charge is 2.12. The third kappa shape index (κ3) is 2.37. The second-order valence-corrected chi connectivity index (χ2v) is 6.24. The smallest absolute Gasteiger partial charge is 0.267 e. The quantitative estimate of drug-likeness (QED) is 0.609. The number of nitrogens with one attached hydrogen (secondary N) is 1. The molecule has 114 valence electrons. The second kappa shape index (κ2) is 5.72. The molecule has 6 heteroatoms. The molecule has 0 saturated heterocycles. The Morgan fingerprint density at radius 1 is 1.00 bits per heavy atom. The van der Waals surface area contributed by atoms with Crippen LogP contribution in [-0.4, -0.2) is 15.2 Å². The van der Waals surface area contributed by atoms with E-state index in [9.17, 15) is 4.79 Å². The number of fused-ring (bicyclic) bond motifs is 1. The van der Waals surface area contributed by atoms with Gasteiger partial charge in [0.05, 0.1) is 26.4 Å². The summed E-state index contributed by atoms with van der Waals surface area (Å²) in [5.74, 6) is 0. The molecule has 1 aromatic carbocycles. The van der Waals surface area contributed by atoms with E-state index in [0.717, 1.165) is 26.5 Å². The van der Waals surface area contributed by atoms with Crippen molar-refractivity contribution in [1.29, 1.82) is 5.26 Å². The topological polar surface area (TPSA) is 82.4 Å². The third-order valence-corrected chi connectivity index (χ3v) is 4.79. The molecule has 4 rings (SSSR count). The summed E-state index contributed by atoms with van der Waals surface area (Å²) in [6.45, 7) is 0. The number of nitrogens with zero attached hydrogens (tertiary/aromatic N) is 3. The highest BCUT2D eigenvalue weighted by molar-refractivity contribution is 7.18. The van der Waals surface area contributed by atoms with E-state index >= 15 is 0 Å². The molecule has 24 heavy (non-hydrogen) atoms. The zero-order valence-electron chi connectivity index (χ0n) is 12.4. The van der Waals surface area contributed by atoms with Gasteiger partial charge in [-0.3, -0.25) is 9.78 Å². The number of nitriles is 1. The van der Waals surface area contributed by atoms with Crippen LogP contribution >= 0.6 is 11.3 Å². The molecular formula is C18H10N4OS. The van der Waals surface area contributed by atoms with Crippen molar-refractivity contribution in [3.8, 4) is 27.2 Å². The number of rotatable bonds is 2. The summed E-state index contributed by atoms with van der Waals surface area (Å²) < 4.78 is 0. The first-order valence-electron chi connectivity index (χ1n) is 7.20. The average molecular weight is 330 g/mol. The molecule has 0 amide bonds. The van der Waals surface area contributed by atoms with E-state index in [0.29, 0.717) is 10.9 Å². The van der Waals surface area contributed by atoms with E-state index in [1.54, 1.807) is 29.7 Å². The summed E-state index contributed by atoms with van der Waals surface area (Å²) in [4.78, 5) is 18.1. The van der Waals surface area contributed by atoms with Gasteiger partial charge >= 0.3 is 0 Å². The van der Waals surface area contributed by atoms with Crippen LogP contribution in [0.2, 0.25) is 0 Å². The molecule has 0 bridgehead atoms. The maximum absolute atomic E-state index is 11.9. The lowest BCUT2D eigenvalue weighted by Gasteiger charge is -2.02. The van der Waals surface area contributed by atoms with E-state index in [1.165, 1.54) is 0 Å². The monoisotopic (exact) mass is 330 g/mol. The number of hydrogen-bond donors (Lipinski definition) is 1. The van der Waals surface area contributed by atoms with Gasteiger partial charge < -0.3 is 0 Å². The standard InChI is InChI=1S/C18H10N4OS/c19-9-11-5-6-14(20-10-11)15-7-8-16(24-15)17-12-3-1-2-4-13(12)18(23)22-21-17/h1-8,10H,(H,22,23). The Bertz CT molecular complexity index is 1140. The second-order valence-electron chi connectivity index (χ2n) is 5.15. The maximum Gasteiger partial charge on any atom is 0.272 e. The molecule has 0 atom stereocenters. The van der Waals surface area contributed by atoms with Gasteiger partial charge in [-0.05, 0) is 30.3 Å². The van der Waals surface area contributed by atoms with Crippen LogP contribution in [0.25, 0.3) is 31.9 Å². The average Bonchev–Trinajstić information content (AvgIpc) is 3.12. The van der Waals surface area contributed by atoms with Crippen LogP contribution in [0.3, 0.4) is 0 Å². The van der Waals surface area contributed by atoms with E-state index in [4.69, 9.17) is 5.26 Å². The molecule has 0 fully saturated rings. The molecule has 0 unspecified atom stereocenters. The van der Waals surface area contributed by atoms with Crippen molar-refractivity contribution in [2.24, 2.45) is 0 Å². The van der Waals surface area contributed by atoms with Gasteiger partial charge in [0.15, 0.2) is 0 Å². The van der Waals surface area contributed by atoms with Gasteiger partial charge in [-0.2, -0.15) is 10.4 Å². The molecule has 0 aliphatic heterocycles. The summed E-state index contributed by atoms with van der Waals surface area (Å²) in [6.07, 6.45) is 1.56. The summed E-state index contributed by atoms with van der Waals surface area (Å²) in [5, 5.41) is 17.1. The van der Waals surface area contributed by atoms with Gasteiger partial charge in [0, 0.05) is 11.6 Å². The minimum Gasteiger partial charge on any atom is -0.267 e. The number of aromatic nitrogens is 3. The zero-order valence-corrected chi connectivity index (χ0v) is 13.2. The predicted octanol–water partition coefficient (Wildman–Crippen LogP) is 3.59. The van der Waals surface area contributed by atoms with Crippen molar-refractivity contribution in [1.82, 2.24) is 15.2 Å². The van der Waals surface area contributed by atoms with Crippen LogP contribution in [-0.2, 0) is 0 Å². The van der Waals surface area contributed by atoms with Crippen molar-refractivity contribution in [3.63, 3.8) is 0 Å². The van der Waals surface area contributed by atoms with Gasteiger partial charge in [-0.1, -0.05) is 18.2 Å². The minimum atomic E-state index is -0.195. The largest absolute Gasteiger partial charge is 0.272 e. The lowest BCUT2D eigenvalue weighted by molar-refractivity contribution is 1.02. The molecule has 4 aromatic rings. The Balaban J connectivity index is 1.82. The fourth-order valence-corrected chi connectivity index (χ4v) is 3.50. The maximum atomic E-state index is 11.9. The summed E-state index contributed by atoms with van der Waals surface area (Å²) in [7, 11) is 0. The van der Waals surface area contributed by atoms with Gasteiger partial charge in [-0.25, -0.2) is 5.10 Å². The van der Waals surface area contributed by atoms with Crippen molar-refractivity contribution in [2.45, 2.75) is 0 Å². The highest BCUT2D eigenvalue weighted by atomic mass is 32.1. The van der Waals surface area contributed by atoms with Gasteiger partial charge in [-0.15, -0.1) is 11.3 Å². The van der Waals surface area contributed by atoms with Crippen LogP contribution in [0.1, 0.15) is 5.56 Å². The molecule has 5 nitrogen and oxygen atoms in total. The molecule has 1 N–H and O–H groups in total. The molecule has 0 radical (unpaired) electrons. The first kappa shape index (κ1) is 14.3. The van der Waals surface area contributed by atoms with E-state index in [-0.39, 0.29) is 5.56 Å². The predicted molar refractivity (Wildman–Crippen MR) is 93.6 cm³/mol. The number of thiophene rings is 1. The molecule has 0 aliphatic rings. The molecule has 3 heterocycles. The van der Waals surface area contributed by atoms with Crippen LogP contribution in [0.15, 0.2) is 59.5 Å². The van der Waals surface area contributed by atoms with E-state index < -0.39 is 0 Å². The number of hydrogen-bond acceptors (Lipinski definition) is 5. The highest BCUT2D eigenvalue weighted by Crippen LogP contribution is 2.34. The SMILES string of the molecule is N#Cc1ccc(-c2ccc(-c3n[nH]c(=O)c4ccccc34)s2)nc1. The Morgan fingerprint density at radius 3 is 2.54 bits per heavy atom. The van der Waals surface area contributed by atoms with Crippen LogP contribution in [0.4, 0.5) is 0 Å². The summed E-state index contributed by atoms with van der Waals surface area (Å²) in [5.41, 5.74) is 1.89. The molecule has 3 aromatic heterocycles. The number of H-pyrrole nitrogens is 1. The zero-order chi connectivity index (χ0) is 16.5. The van der Waals surface area contributed by atoms with Gasteiger partial charge in [0.2, 0.25) is 0 Å². The van der Waals surface area contributed by atoms with E-state index in [2.05, 4.69) is 21.3 Å². The molecule has 0 spiro atoms. The molecule has 0 aliphatic carbocycles. The van der Waals surface area contributed by atoms with Crippen molar-refractivity contribution < 1.29 is 0 Å². The Kier molecular flexibility index (Phi) is 3.41. The normalized spacial score (nSPS) is 10.6. The lowest BCUT2D eigenvalue weighted by atomic mass is 10.1. The van der Waals surface area contributed by atoms with Crippen LogP contribution in [0.5, 0.6) is 0 Å². The Labute approximate surface area is 140 Å². The van der Waals surface area contributed by atoms with Crippen molar-refractivity contribution >= 4 is 22.1 Å². The fourth-order valence-electron chi connectivity index (χ4n) is 2.51. The first-order valence-corrected chi connectivity index (χ1v) is 8.02. The number of benzene rings is 1. The molecule has 0 saturated carbocycles. The minimum absolute atomic E-state index is 0.195. The fraction of sp³-hybridized carbons (Fsp3) is 0. The number of aromatic amines is 1. The van der Waals surface area contributed by atoms with E-state index in [1.807, 2.05) is 36.4 Å². The van der Waals surface area contributed by atoms with Crippen molar-refractivity contribution in [2.75, 3.05) is 0 Å². The summed E-state index contributed by atoms with van der Waals surface area (Å²) in [6, 6.07) is 17.0. The van der Waals surface area contributed by atoms with Crippen LogP contribution in [0, 0.1) is 11.3 Å². The van der Waals surface area contributed by atoms with Crippen LogP contribution < -0.4 is 5.56 Å². The lowest BCUT2D eigenvalue weighted by Crippen LogP contribution is -2.08. The van der Waals surface area contributed by atoms with Gasteiger partial charge in [0.25, 0.3) is 5.56 Å². The Morgan fingerprint density at radius 2 is 1.79 bits per heavy atom. The van der Waals surface area contributed by atoms with Crippen molar-refractivity contribution in [3.05, 3.63) is 70.6 Å². The van der Waals surface area contributed by atoms with Gasteiger partial charge in [0.1, 0.15) is 11.8 Å².